The van der Waals surface area contributed by atoms with E-state index in [2.05, 4.69) is 11.8 Å². The third-order valence-electron chi connectivity index (χ3n) is 6.23. The number of hydrogen-bond donors (Lipinski definition) is 0. The Morgan fingerprint density at radius 2 is 1.61 bits per heavy atom. The van der Waals surface area contributed by atoms with Gasteiger partial charge in [0.15, 0.2) is 5.78 Å². The van der Waals surface area contributed by atoms with Crippen molar-refractivity contribution in [1.29, 1.82) is 0 Å². The molecule has 1 saturated heterocycles. The third kappa shape index (κ3) is 8.04. The second kappa shape index (κ2) is 12.7. The van der Waals surface area contributed by atoms with Crippen LogP contribution in [0.25, 0.3) is 0 Å². The van der Waals surface area contributed by atoms with Gasteiger partial charge in [0.2, 0.25) is 0 Å². The molecule has 0 amide bonds. The van der Waals surface area contributed by atoms with E-state index in [4.69, 9.17) is 0 Å². The van der Waals surface area contributed by atoms with E-state index in [0.717, 1.165) is 16.7 Å². The highest BCUT2D eigenvalue weighted by molar-refractivity contribution is 14.1. The number of benzene rings is 2. The minimum Gasteiger partial charge on any atom is -0.299 e. The number of nitrogens with zero attached hydrogens (tertiary/aromatic N) is 1. The predicted octanol–water partition coefficient (Wildman–Crippen LogP) is 5.88. The molecule has 1 fully saturated rings. The summed E-state index contributed by atoms with van der Waals surface area (Å²) in [5.74, 6) is 2.43. The molecule has 0 saturated carbocycles. The minimum atomic E-state index is -2.59. The number of carbonyl (C=O) groups excluding carboxylic acids is 3. The highest BCUT2D eigenvalue weighted by Crippen LogP contribution is 2.28. The predicted molar refractivity (Wildman–Crippen MR) is 145 cm³/mol. The molecule has 1 aliphatic heterocycles. The van der Waals surface area contributed by atoms with Gasteiger partial charge in [-0.15, -0.1) is 0 Å². The zero-order valence-corrected chi connectivity index (χ0v) is 22.7. The maximum Gasteiger partial charge on any atom is 0.261 e. The van der Waals surface area contributed by atoms with Crippen LogP contribution in [0.15, 0.2) is 48.5 Å². The normalized spacial score (nSPS) is 16.6. The number of ketones is 3. The molecule has 2 aromatic rings. The van der Waals surface area contributed by atoms with E-state index >= 15 is 0 Å². The molecule has 190 valence electrons. The number of Topliss-reactive ketones (excluding diaryl/α,β-unsaturated/α-hetero) is 3. The van der Waals surface area contributed by atoms with Crippen LogP contribution >= 0.6 is 22.6 Å². The van der Waals surface area contributed by atoms with E-state index < -0.39 is 15.8 Å². The number of halogens is 3. The largest absolute Gasteiger partial charge is 0.299 e. The fourth-order valence-electron chi connectivity index (χ4n) is 4.20. The molecule has 0 bridgehead atoms. The Hall–Kier alpha value is -2.44. The summed E-state index contributed by atoms with van der Waals surface area (Å²) in [5, 5.41) is 0. The van der Waals surface area contributed by atoms with Crippen molar-refractivity contribution in [1.82, 2.24) is 4.90 Å². The molecule has 0 spiro atoms. The first-order valence-corrected chi connectivity index (χ1v) is 13.3. The zero-order chi connectivity index (χ0) is 26.3. The Labute approximate surface area is 225 Å². The van der Waals surface area contributed by atoms with Gasteiger partial charge in [-0.1, -0.05) is 65.6 Å². The van der Waals surface area contributed by atoms with Gasteiger partial charge in [-0.25, -0.2) is 8.78 Å². The van der Waals surface area contributed by atoms with Gasteiger partial charge in [-0.2, -0.15) is 0 Å². The Balaban J connectivity index is 1.58. The SMILES string of the molecule is CCCC(=O)C(CC(I)C(=O)c1ccc(C#Cc2ccc(CN3CCC(F)(F)C3)cc2)cc1)C(C)=O. The number of hydrogen-bond acceptors (Lipinski definition) is 4. The average Bonchev–Trinajstić information content (AvgIpc) is 3.19. The van der Waals surface area contributed by atoms with Crippen LogP contribution in [0.1, 0.15) is 66.6 Å². The number of rotatable bonds is 10. The van der Waals surface area contributed by atoms with E-state index in [9.17, 15) is 23.2 Å². The van der Waals surface area contributed by atoms with Crippen molar-refractivity contribution in [2.75, 3.05) is 13.1 Å². The highest BCUT2D eigenvalue weighted by Gasteiger charge is 2.37. The fraction of sp³-hybridized carbons (Fsp3) is 0.414. The second-order valence-corrected chi connectivity index (χ2v) is 10.8. The molecule has 3 rings (SSSR count). The van der Waals surface area contributed by atoms with Crippen LogP contribution in [-0.4, -0.2) is 45.2 Å². The quantitative estimate of drug-likeness (QED) is 0.112. The maximum atomic E-state index is 13.4. The van der Waals surface area contributed by atoms with Crippen LogP contribution in [0.5, 0.6) is 0 Å². The lowest BCUT2D eigenvalue weighted by Gasteiger charge is -2.16. The molecule has 2 atom stereocenters. The van der Waals surface area contributed by atoms with Crippen LogP contribution in [0.3, 0.4) is 0 Å². The molecule has 2 unspecified atom stereocenters. The van der Waals surface area contributed by atoms with E-state index in [0.29, 0.717) is 31.5 Å². The van der Waals surface area contributed by atoms with Crippen molar-refractivity contribution in [2.45, 2.75) is 55.9 Å². The van der Waals surface area contributed by atoms with Gasteiger partial charge in [-0.3, -0.25) is 19.3 Å². The van der Waals surface area contributed by atoms with Gasteiger partial charge in [0.05, 0.1) is 16.4 Å². The van der Waals surface area contributed by atoms with Crippen molar-refractivity contribution in [3.05, 3.63) is 70.8 Å². The minimum absolute atomic E-state index is 0.0863. The Morgan fingerprint density at radius 1 is 1.03 bits per heavy atom. The summed E-state index contributed by atoms with van der Waals surface area (Å²) < 4.78 is 26.3. The van der Waals surface area contributed by atoms with Crippen molar-refractivity contribution in [2.24, 2.45) is 5.92 Å². The Kier molecular flexibility index (Phi) is 9.92. The van der Waals surface area contributed by atoms with Gasteiger partial charge in [0.1, 0.15) is 11.6 Å². The van der Waals surface area contributed by atoms with Gasteiger partial charge < -0.3 is 0 Å². The van der Waals surface area contributed by atoms with Gasteiger partial charge in [0, 0.05) is 42.6 Å². The Morgan fingerprint density at radius 3 is 2.11 bits per heavy atom. The fourth-order valence-corrected chi connectivity index (χ4v) is 5.06. The molecule has 4 nitrogen and oxygen atoms in total. The summed E-state index contributed by atoms with van der Waals surface area (Å²) in [7, 11) is 0. The van der Waals surface area contributed by atoms with Crippen molar-refractivity contribution in [3.8, 4) is 11.8 Å². The first-order chi connectivity index (χ1) is 17.1. The van der Waals surface area contributed by atoms with E-state index in [1.165, 1.54) is 6.92 Å². The molecule has 36 heavy (non-hydrogen) atoms. The lowest BCUT2D eigenvalue weighted by molar-refractivity contribution is -0.131. The van der Waals surface area contributed by atoms with Gasteiger partial charge in [-0.05, 0) is 49.6 Å². The first kappa shape index (κ1) is 28.1. The molecule has 1 aliphatic rings. The van der Waals surface area contributed by atoms with Crippen molar-refractivity contribution in [3.63, 3.8) is 0 Å². The molecule has 0 N–H and O–H groups in total. The average molecular weight is 605 g/mol. The summed E-state index contributed by atoms with van der Waals surface area (Å²) in [6.45, 7) is 4.00. The van der Waals surface area contributed by atoms with Gasteiger partial charge in [0.25, 0.3) is 5.92 Å². The number of carbonyl (C=O) groups is 3. The topological polar surface area (TPSA) is 54.5 Å². The van der Waals surface area contributed by atoms with Crippen LogP contribution in [0, 0.1) is 17.8 Å². The van der Waals surface area contributed by atoms with E-state index in [1.54, 1.807) is 29.2 Å². The highest BCUT2D eigenvalue weighted by atomic mass is 127. The first-order valence-electron chi connectivity index (χ1n) is 12.1. The Bertz CT molecular complexity index is 1150. The molecular formula is C29H30F2INO3. The second-order valence-electron chi connectivity index (χ2n) is 9.29. The summed E-state index contributed by atoms with van der Waals surface area (Å²) >= 11 is 2.01. The van der Waals surface area contributed by atoms with Crippen molar-refractivity contribution >= 4 is 39.9 Å². The molecule has 0 radical (unpaired) electrons. The standard InChI is InChI=1S/C29H30F2INO3/c1-3-4-27(35)25(20(2)34)17-26(32)28(36)24-13-11-22(12-14-24)6-5-21-7-9-23(10-8-21)18-33-16-15-29(30,31)19-33/h7-14,25-26H,3-4,15-19H2,1-2H3. The maximum absolute atomic E-state index is 13.4. The summed E-state index contributed by atoms with van der Waals surface area (Å²) in [5.41, 5.74) is 3.05. The molecule has 1 heterocycles. The monoisotopic (exact) mass is 605 g/mol. The van der Waals surface area contributed by atoms with Crippen LogP contribution < -0.4 is 0 Å². The van der Waals surface area contributed by atoms with E-state index in [-0.39, 0.29) is 36.7 Å². The molecule has 0 aliphatic carbocycles. The summed E-state index contributed by atoms with van der Waals surface area (Å²) in [4.78, 5) is 38.8. The molecule has 7 heteroatoms. The van der Waals surface area contributed by atoms with E-state index in [1.807, 2.05) is 53.8 Å². The van der Waals surface area contributed by atoms with Crippen molar-refractivity contribution < 1.29 is 23.2 Å². The number of likely N-dealkylation sites (tertiary alicyclic amines) is 1. The lowest BCUT2D eigenvalue weighted by atomic mass is 9.90. The zero-order valence-electron chi connectivity index (χ0n) is 20.5. The van der Waals surface area contributed by atoms with Crippen LogP contribution in [-0.2, 0) is 16.1 Å². The summed E-state index contributed by atoms with van der Waals surface area (Å²) in [6, 6.07) is 14.5. The van der Waals surface area contributed by atoms with Crippen LogP contribution in [0.4, 0.5) is 8.78 Å². The van der Waals surface area contributed by atoms with Crippen LogP contribution in [0.2, 0.25) is 0 Å². The molecule has 0 aromatic heterocycles. The summed E-state index contributed by atoms with van der Waals surface area (Å²) in [6.07, 6.45) is 1.15. The lowest BCUT2D eigenvalue weighted by Crippen LogP contribution is -2.28. The molecular weight excluding hydrogens is 575 g/mol. The smallest absolute Gasteiger partial charge is 0.261 e. The van der Waals surface area contributed by atoms with Gasteiger partial charge >= 0.3 is 0 Å². The molecule has 2 aromatic carbocycles. The third-order valence-corrected chi connectivity index (χ3v) is 7.31. The number of alkyl halides is 3.